The molecular formula is C20H38O4. The summed E-state index contributed by atoms with van der Waals surface area (Å²) in [4.78, 5) is 23.3. The van der Waals surface area contributed by atoms with E-state index in [4.69, 9.17) is 9.47 Å². The molecule has 142 valence electrons. The zero-order chi connectivity index (χ0) is 18.0. The predicted octanol–water partition coefficient (Wildman–Crippen LogP) is 5.57. The fourth-order valence-electron chi connectivity index (χ4n) is 2.55. The Labute approximate surface area is 148 Å². The molecule has 24 heavy (non-hydrogen) atoms. The minimum Gasteiger partial charge on any atom is -0.466 e. The fourth-order valence-corrected chi connectivity index (χ4v) is 2.55. The summed E-state index contributed by atoms with van der Waals surface area (Å²) in [6, 6.07) is 0. The Morgan fingerprint density at radius 1 is 0.750 bits per heavy atom. The third kappa shape index (κ3) is 15.8. The van der Waals surface area contributed by atoms with Crippen molar-refractivity contribution in [3.05, 3.63) is 0 Å². The lowest BCUT2D eigenvalue weighted by molar-refractivity contribution is -0.153. The molecule has 1 unspecified atom stereocenters. The molecule has 0 spiro atoms. The van der Waals surface area contributed by atoms with E-state index < -0.39 is 0 Å². The largest absolute Gasteiger partial charge is 0.466 e. The zero-order valence-corrected chi connectivity index (χ0v) is 16.1. The van der Waals surface area contributed by atoms with Crippen LogP contribution in [0.5, 0.6) is 0 Å². The van der Waals surface area contributed by atoms with Gasteiger partial charge in [-0.3, -0.25) is 9.59 Å². The summed E-state index contributed by atoms with van der Waals surface area (Å²) in [5.41, 5.74) is 0. The van der Waals surface area contributed by atoms with Crippen LogP contribution in [0.25, 0.3) is 0 Å². The highest BCUT2D eigenvalue weighted by atomic mass is 16.5. The molecule has 0 aromatic carbocycles. The summed E-state index contributed by atoms with van der Waals surface area (Å²) >= 11 is 0. The van der Waals surface area contributed by atoms with Crippen LogP contribution < -0.4 is 0 Å². The first-order chi connectivity index (χ1) is 11.6. The van der Waals surface area contributed by atoms with Crippen LogP contribution >= 0.6 is 0 Å². The third-order valence-electron chi connectivity index (χ3n) is 4.09. The summed E-state index contributed by atoms with van der Waals surface area (Å²) in [5, 5.41) is 0. The molecule has 0 aliphatic carbocycles. The quantitative estimate of drug-likeness (QED) is 0.272. The lowest BCUT2D eigenvalue weighted by Gasteiger charge is -2.12. The number of rotatable bonds is 16. The van der Waals surface area contributed by atoms with Gasteiger partial charge in [0.15, 0.2) is 0 Å². The number of unbranched alkanes of at least 4 members (excludes halogenated alkanes) is 8. The molecule has 1 atom stereocenters. The number of hydrogen-bond acceptors (Lipinski definition) is 4. The van der Waals surface area contributed by atoms with Crippen molar-refractivity contribution in [1.82, 2.24) is 0 Å². The average molecular weight is 343 g/mol. The van der Waals surface area contributed by atoms with Crippen LogP contribution in [0.4, 0.5) is 0 Å². The van der Waals surface area contributed by atoms with E-state index in [0.29, 0.717) is 6.61 Å². The Hall–Kier alpha value is -1.06. The van der Waals surface area contributed by atoms with E-state index in [-0.39, 0.29) is 30.9 Å². The zero-order valence-electron chi connectivity index (χ0n) is 16.1. The van der Waals surface area contributed by atoms with Crippen LogP contribution in [0.1, 0.15) is 104 Å². The van der Waals surface area contributed by atoms with E-state index in [0.717, 1.165) is 38.5 Å². The van der Waals surface area contributed by atoms with Crippen molar-refractivity contribution in [2.24, 2.45) is 0 Å². The highest BCUT2D eigenvalue weighted by Gasteiger charge is 2.12. The van der Waals surface area contributed by atoms with E-state index in [1.807, 2.05) is 6.92 Å². The van der Waals surface area contributed by atoms with Gasteiger partial charge < -0.3 is 9.47 Å². The third-order valence-corrected chi connectivity index (χ3v) is 4.09. The second kappa shape index (κ2) is 16.8. The summed E-state index contributed by atoms with van der Waals surface area (Å²) in [6.07, 6.45) is 12.8. The Bertz CT molecular complexity index is 315. The number of esters is 2. The Balaban J connectivity index is 3.49. The molecule has 0 rings (SSSR count). The molecule has 0 saturated heterocycles. The molecule has 4 nitrogen and oxygen atoms in total. The fraction of sp³-hybridized carbons (Fsp3) is 0.900. The van der Waals surface area contributed by atoms with Gasteiger partial charge in [-0.2, -0.15) is 0 Å². The van der Waals surface area contributed by atoms with Crippen LogP contribution in [0.2, 0.25) is 0 Å². The molecule has 0 fully saturated rings. The van der Waals surface area contributed by atoms with Gasteiger partial charge in [0.1, 0.15) is 0 Å². The molecule has 0 saturated carbocycles. The first-order valence-corrected chi connectivity index (χ1v) is 9.95. The number of ether oxygens (including phenoxy) is 2. The number of carbonyl (C=O) groups is 2. The summed E-state index contributed by atoms with van der Waals surface area (Å²) in [7, 11) is 0. The standard InChI is InChI=1S/C20H38O4/c1-4-6-8-9-10-11-13-17-23-19(21)15-16-20(22)24-18(3)14-12-7-5-2/h18H,4-17H2,1-3H3. The molecule has 0 aromatic heterocycles. The van der Waals surface area contributed by atoms with E-state index in [1.54, 1.807) is 0 Å². The lowest BCUT2D eigenvalue weighted by atomic mass is 10.1. The van der Waals surface area contributed by atoms with Crippen molar-refractivity contribution in [3.8, 4) is 0 Å². The van der Waals surface area contributed by atoms with Crippen molar-refractivity contribution >= 4 is 11.9 Å². The highest BCUT2D eigenvalue weighted by molar-refractivity contribution is 5.77. The minimum atomic E-state index is -0.299. The Kier molecular flexibility index (Phi) is 16.0. The van der Waals surface area contributed by atoms with Crippen LogP contribution in [-0.2, 0) is 19.1 Å². The first-order valence-electron chi connectivity index (χ1n) is 9.95. The molecule has 0 heterocycles. The normalized spacial score (nSPS) is 12.0. The molecule has 4 heteroatoms. The van der Waals surface area contributed by atoms with Crippen molar-refractivity contribution < 1.29 is 19.1 Å². The maximum absolute atomic E-state index is 11.7. The van der Waals surface area contributed by atoms with Crippen molar-refractivity contribution in [1.29, 1.82) is 0 Å². The lowest BCUT2D eigenvalue weighted by Crippen LogP contribution is -2.16. The minimum absolute atomic E-state index is 0.0622. The van der Waals surface area contributed by atoms with Crippen LogP contribution in [0.15, 0.2) is 0 Å². The van der Waals surface area contributed by atoms with E-state index in [9.17, 15) is 9.59 Å². The van der Waals surface area contributed by atoms with Gasteiger partial charge in [0.2, 0.25) is 0 Å². The summed E-state index contributed by atoms with van der Waals surface area (Å²) in [6.45, 7) is 6.73. The average Bonchev–Trinajstić information content (AvgIpc) is 2.55. The Morgan fingerprint density at radius 2 is 1.29 bits per heavy atom. The van der Waals surface area contributed by atoms with Crippen LogP contribution in [-0.4, -0.2) is 24.6 Å². The molecule has 0 amide bonds. The van der Waals surface area contributed by atoms with Gasteiger partial charge in [0.05, 0.1) is 25.6 Å². The van der Waals surface area contributed by atoms with Crippen molar-refractivity contribution in [3.63, 3.8) is 0 Å². The molecule has 0 aliphatic rings. The van der Waals surface area contributed by atoms with Crippen LogP contribution in [0, 0.1) is 0 Å². The van der Waals surface area contributed by atoms with E-state index >= 15 is 0 Å². The molecule has 0 radical (unpaired) electrons. The summed E-state index contributed by atoms with van der Waals surface area (Å²) in [5.74, 6) is -0.594. The van der Waals surface area contributed by atoms with E-state index in [1.165, 1.54) is 32.1 Å². The van der Waals surface area contributed by atoms with Gasteiger partial charge in [0, 0.05) is 0 Å². The smallest absolute Gasteiger partial charge is 0.306 e. The van der Waals surface area contributed by atoms with Gasteiger partial charge in [-0.1, -0.05) is 65.2 Å². The van der Waals surface area contributed by atoms with Gasteiger partial charge in [0.25, 0.3) is 0 Å². The SMILES string of the molecule is CCCCCCCCCOC(=O)CCC(=O)OC(C)CCCCC. The van der Waals surface area contributed by atoms with Gasteiger partial charge in [-0.15, -0.1) is 0 Å². The number of carbonyl (C=O) groups excluding carboxylic acids is 2. The molecule has 0 bridgehead atoms. The van der Waals surface area contributed by atoms with Gasteiger partial charge in [-0.05, 0) is 26.2 Å². The second-order valence-corrected chi connectivity index (χ2v) is 6.64. The topological polar surface area (TPSA) is 52.6 Å². The second-order valence-electron chi connectivity index (χ2n) is 6.64. The maximum atomic E-state index is 11.7. The molecule has 0 aromatic rings. The van der Waals surface area contributed by atoms with E-state index in [2.05, 4.69) is 13.8 Å². The Morgan fingerprint density at radius 3 is 1.96 bits per heavy atom. The predicted molar refractivity (Wildman–Crippen MR) is 97.9 cm³/mol. The van der Waals surface area contributed by atoms with Crippen molar-refractivity contribution in [2.75, 3.05) is 6.61 Å². The maximum Gasteiger partial charge on any atom is 0.306 e. The molecule has 0 aliphatic heterocycles. The van der Waals surface area contributed by atoms with Crippen LogP contribution in [0.3, 0.4) is 0 Å². The summed E-state index contributed by atoms with van der Waals surface area (Å²) < 4.78 is 10.4. The van der Waals surface area contributed by atoms with Crippen molar-refractivity contribution in [2.45, 2.75) is 110 Å². The monoisotopic (exact) mass is 342 g/mol. The first kappa shape index (κ1) is 22.9. The van der Waals surface area contributed by atoms with Gasteiger partial charge >= 0.3 is 11.9 Å². The molecule has 0 N–H and O–H groups in total. The number of hydrogen-bond donors (Lipinski definition) is 0. The van der Waals surface area contributed by atoms with Gasteiger partial charge in [-0.25, -0.2) is 0 Å². The molecular weight excluding hydrogens is 304 g/mol. The highest BCUT2D eigenvalue weighted by Crippen LogP contribution is 2.09.